The third-order valence-electron chi connectivity index (χ3n) is 12.7. The van der Waals surface area contributed by atoms with E-state index in [1.165, 1.54) is 23.9 Å². The number of benzene rings is 2. The van der Waals surface area contributed by atoms with Crippen molar-refractivity contribution in [3.8, 4) is 17.1 Å². The number of esters is 1. The number of anilines is 1. The lowest BCUT2D eigenvalue weighted by atomic mass is 9.59. The van der Waals surface area contributed by atoms with Crippen molar-refractivity contribution in [1.29, 1.82) is 0 Å². The summed E-state index contributed by atoms with van der Waals surface area (Å²) in [6.45, 7) is 34.7. The van der Waals surface area contributed by atoms with Gasteiger partial charge in [-0.1, -0.05) is 140 Å². The lowest BCUT2D eigenvalue weighted by Gasteiger charge is -2.50. The normalized spacial score (nSPS) is 19.1. The van der Waals surface area contributed by atoms with Gasteiger partial charge in [0, 0.05) is 17.4 Å². The molecule has 2 atom stereocenters. The smallest absolute Gasteiger partial charge is 0.346 e. The number of nitrogens with one attached hydrogen (secondary N) is 2. The van der Waals surface area contributed by atoms with Gasteiger partial charge in [0.15, 0.2) is 22.9 Å². The van der Waals surface area contributed by atoms with E-state index in [0.717, 1.165) is 49.7 Å². The van der Waals surface area contributed by atoms with E-state index in [0.29, 0.717) is 35.3 Å². The fourth-order valence-corrected chi connectivity index (χ4v) is 10.9. The van der Waals surface area contributed by atoms with Crippen LogP contribution in [0.4, 0.5) is 11.5 Å². The van der Waals surface area contributed by atoms with Crippen molar-refractivity contribution < 1.29 is 22.7 Å². The van der Waals surface area contributed by atoms with Gasteiger partial charge in [0.2, 0.25) is 0 Å². The molecule has 5 rings (SSSR count). The topological polar surface area (TPSA) is 140 Å². The first kappa shape index (κ1) is 48.8. The van der Waals surface area contributed by atoms with E-state index >= 15 is 0 Å². The monoisotopic (exact) mass is 873 g/mol. The summed E-state index contributed by atoms with van der Waals surface area (Å²) >= 11 is 0. The van der Waals surface area contributed by atoms with E-state index in [1.807, 2.05) is 31.2 Å². The predicted octanol–water partition coefficient (Wildman–Crippen LogP) is 12.9. The van der Waals surface area contributed by atoms with E-state index in [2.05, 4.69) is 117 Å². The van der Waals surface area contributed by atoms with Gasteiger partial charge in [0.05, 0.1) is 12.3 Å². The number of nitrogens with zero attached hydrogens (tertiary/aromatic N) is 4. The highest BCUT2D eigenvalue weighted by molar-refractivity contribution is 7.92. The van der Waals surface area contributed by atoms with Crippen molar-refractivity contribution in [2.75, 3.05) is 11.3 Å². The average Bonchev–Trinajstić information content (AvgIpc) is 3.72. The lowest BCUT2D eigenvalue weighted by molar-refractivity contribution is -0.0922. The van der Waals surface area contributed by atoms with Gasteiger partial charge in [-0.15, -0.1) is 5.10 Å². The standard InChI is InChI=1S/C50H76N6O5S/c1-16-17-18-19-20-21-26-60-39-25-24-35(50(13,14)31-47(4,5)6)30-40(39)62(58,59)55-38-29-34(23-22-33(38)3)43-52-45-41(44(51-15)54-56(45)53-43)46(57)61-42-36(48(7,8)9)27-32(2)28-37(42)49(10,11)12/h22-25,29-30,32,36-37,42,55H,15-21,26-28,31H2,1-14H3,(H,52,53). The number of H-pyrrole nitrogens is 1. The predicted molar refractivity (Wildman–Crippen MR) is 253 cm³/mol. The van der Waals surface area contributed by atoms with Gasteiger partial charge in [-0.25, -0.2) is 23.2 Å². The average molecular weight is 873 g/mol. The van der Waals surface area contributed by atoms with Crippen LogP contribution in [0.15, 0.2) is 46.3 Å². The van der Waals surface area contributed by atoms with E-state index in [9.17, 15) is 13.2 Å². The number of aliphatic imine (C=N–C) groups is 1. The zero-order chi connectivity index (χ0) is 46.0. The molecule has 62 heavy (non-hydrogen) atoms. The van der Waals surface area contributed by atoms with Crippen molar-refractivity contribution in [2.24, 2.45) is 39.0 Å². The maximum Gasteiger partial charge on any atom is 0.346 e. The molecule has 342 valence electrons. The van der Waals surface area contributed by atoms with Crippen molar-refractivity contribution in [2.45, 2.75) is 171 Å². The zero-order valence-corrected chi connectivity index (χ0v) is 41.1. The molecule has 1 fully saturated rings. The number of unbranched alkanes of at least 4 members (excludes halogenated alkanes) is 5. The fraction of sp³-hybridized carbons (Fsp3) is 0.640. The Labute approximate surface area is 372 Å². The highest BCUT2D eigenvalue weighted by Crippen LogP contribution is 2.50. The number of carbonyl (C=O) groups is 1. The highest BCUT2D eigenvalue weighted by atomic mass is 32.2. The van der Waals surface area contributed by atoms with Gasteiger partial charge in [0.25, 0.3) is 10.0 Å². The van der Waals surface area contributed by atoms with Gasteiger partial charge < -0.3 is 9.47 Å². The number of hydrogen-bond donors (Lipinski definition) is 2. The molecular formula is C50H76N6O5S. The molecule has 1 saturated carbocycles. The van der Waals surface area contributed by atoms with Gasteiger partial charge in [-0.3, -0.25) is 9.82 Å². The van der Waals surface area contributed by atoms with Crippen LogP contribution in [0.2, 0.25) is 0 Å². The molecule has 0 amide bonds. The molecule has 2 N–H and O–H groups in total. The van der Waals surface area contributed by atoms with Crippen LogP contribution in [0.1, 0.15) is 169 Å². The summed E-state index contributed by atoms with van der Waals surface area (Å²) in [5.41, 5.74) is 2.57. The quantitative estimate of drug-likeness (QED) is 0.0611. The van der Waals surface area contributed by atoms with Crippen molar-refractivity contribution in [3.63, 3.8) is 0 Å². The first-order chi connectivity index (χ1) is 28.8. The van der Waals surface area contributed by atoms with Crippen molar-refractivity contribution in [1.82, 2.24) is 19.8 Å². The Morgan fingerprint density at radius 3 is 2.15 bits per heavy atom. The molecular weight excluding hydrogens is 797 g/mol. The Hall–Kier alpha value is -4.19. The largest absolute Gasteiger partial charge is 0.492 e. The number of fused-ring (bicyclic) bond motifs is 1. The molecule has 2 aromatic heterocycles. The third kappa shape index (κ3) is 11.7. The third-order valence-corrected chi connectivity index (χ3v) is 14.1. The molecule has 11 nitrogen and oxygen atoms in total. The number of aromatic amines is 1. The molecule has 2 aromatic carbocycles. The van der Waals surface area contributed by atoms with Crippen LogP contribution in [0, 0.1) is 40.9 Å². The molecule has 0 bridgehead atoms. The summed E-state index contributed by atoms with van der Waals surface area (Å²) in [7, 11) is -4.14. The lowest BCUT2D eigenvalue weighted by Crippen LogP contribution is -2.49. The highest BCUT2D eigenvalue weighted by Gasteiger charge is 2.48. The Morgan fingerprint density at radius 2 is 1.55 bits per heavy atom. The Morgan fingerprint density at radius 1 is 0.919 bits per heavy atom. The minimum Gasteiger partial charge on any atom is -0.492 e. The number of hydrogen-bond acceptors (Lipinski definition) is 8. The number of sulfonamides is 1. The maximum absolute atomic E-state index is 14.5. The summed E-state index contributed by atoms with van der Waals surface area (Å²) in [5, 5.41) is 7.71. The summed E-state index contributed by atoms with van der Waals surface area (Å²) in [6, 6.07) is 11.0. The minimum atomic E-state index is -4.14. The number of carbonyl (C=O) groups excluding carboxylic acids is 1. The second-order valence-corrected chi connectivity index (χ2v) is 23.7. The zero-order valence-electron chi connectivity index (χ0n) is 40.3. The first-order valence-electron chi connectivity index (χ1n) is 22.8. The van der Waals surface area contributed by atoms with Crippen LogP contribution >= 0.6 is 0 Å². The van der Waals surface area contributed by atoms with Gasteiger partial charge in [-0.05, 0) is 96.2 Å². The maximum atomic E-state index is 14.5. The van der Waals surface area contributed by atoms with E-state index in [-0.39, 0.29) is 61.5 Å². The molecule has 4 aromatic rings. The number of aromatic nitrogens is 4. The van der Waals surface area contributed by atoms with Gasteiger partial charge >= 0.3 is 5.97 Å². The van der Waals surface area contributed by atoms with Crippen LogP contribution < -0.4 is 9.46 Å². The minimum absolute atomic E-state index is 0.0301. The van der Waals surface area contributed by atoms with Crippen LogP contribution in [0.25, 0.3) is 17.0 Å². The van der Waals surface area contributed by atoms with E-state index in [4.69, 9.17) is 14.5 Å². The van der Waals surface area contributed by atoms with E-state index in [1.54, 1.807) is 12.1 Å². The molecule has 12 heteroatoms. The Balaban J connectivity index is 1.47. The summed E-state index contributed by atoms with van der Waals surface area (Å²) < 4.78 is 46.2. The number of ether oxygens (including phenoxy) is 2. The molecule has 0 spiro atoms. The summed E-state index contributed by atoms with van der Waals surface area (Å²) in [6.07, 6.45) is 9.07. The van der Waals surface area contributed by atoms with E-state index < -0.39 is 16.0 Å². The van der Waals surface area contributed by atoms with Crippen LogP contribution in [-0.2, 0) is 20.2 Å². The Kier molecular flexibility index (Phi) is 14.9. The van der Waals surface area contributed by atoms with Crippen LogP contribution in [0.5, 0.6) is 5.75 Å². The summed E-state index contributed by atoms with van der Waals surface area (Å²) in [4.78, 5) is 23.4. The summed E-state index contributed by atoms with van der Waals surface area (Å²) in [5.74, 6) is 1.11. The molecule has 2 unspecified atom stereocenters. The molecule has 2 heterocycles. The van der Waals surface area contributed by atoms with Crippen LogP contribution in [0.3, 0.4) is 0 Å². The number of rotatable bonds is 17. The van der Waals surface area contributed by atoms with Crippen molar-refractivity contribution in [3.05, 3.63) is 53.1 Å². The first-order valence-corrected chi connectivity index (χ1v) is 24.3. The molecule has 0 aliphatic heterocycles. The van der Waals surface area contributed by atoms with Gasteiger partial charge in [0.1, 0.15) is 16.7 Å². The molecule has 0 radical (unpaired) electrons. The van der Waals surface area contributed by atoms with Gasteiger partial charge in [-0.2, -0.15) is 4.63 Å². The SMILES string of the molecule is C=Nc1nn2[nH]c(-c3ccc(C)c(NS(=O)(=O)c4cc(C(C)(C)CC(C)(C)C)ccc4OCCCCCCCC)c3)nc2c1C(=O)OC1C(C(C)(C)C)CC(C)CC1C(C)(C)C. The van der Waals surface area contributed by atoms with Crippen LogP contribution in [-0.4, -0.2) is 53.6 Å². The Bertz CT molecular complexity index is 2280. The molecule has 0 saturated heterocycles. The fourth-order valence-electron chi connectivity index (χ4n) is 9.61. The molecule has 1 aliphatic rings. The van der Waals surface area contributed by atoms with Crippen molar-refractivity contribution >= 4 is 39.9 Å². The second-order valence-electron chi connectivity index (χ2n) is 22.1. The second kappa shape index (κ2) is 18.9. The molecule has 1 aliphatic carbocycles. The number of aryl methyl sites for hydroxylation is 1.